The van der Waals surface area contributed by atoms with E-state index >= 15 is 0 Å². The molecule has 0 N–H and O–H groups in total. The van der Waals surface area contributed by atoms with Crippen LogP contribution < -0.4 is 0 Å². The van der Waals surface area contributed by atoms with Crippen LogP contribution in [0.15, 0.2) is 0 Å². The van der Waals surface area contributed by atoms with Crippen molar-refractivity contribution in [2.24, 2.45) is 11.8 Å². The van der Waals surface area contributed by atoms with Gasteiger partial charge in [-0.2, -0.15) is 0 Å². The molecule has 0 heterocycles. The van der Waals surface area contributed by atoms with Crippen LogP contribution in [0.25, 0.3) is 0 Å². The first kappa shape index (κ1) is 19.9. The summed E-state index contributed by atoms with van der Waals surface area (Å²) in [6.45, 7) is 9.34. The van der Waals surface area contributed by atoms with E-state index in [1.807, 2.05) is 0 Å². The molecule has 0 aromatic heterocycles. The molecule has 0 bridgehead atoms. The summed E-state index contributed by atoms with van der Waals surface area (Å²) in [4.78, 5) is 23.0. The zero-order valence-corrected chi connectivity index (χ0v) is 14.2. The van der Waals surface area contributed by atoms with Gasteiger partial charge in [0.15, 0.2) is 0 Å². The van der Waals surface area contributed by atoms with Gasteiger partial charge >= 0.3 is 11.9 Å². The lowest BCUT2D eigenvalue weighted by atomic mass is 10.1. The van der Waals surface area contributed by atoms with E-state index in [4.69, 9.17) is 9.47 Å². The molecule has 0 spiro atoms. The van der Waals surface area contributed by atoms with Crippen LogP contribution >= 0.6 is 0 Å². The predicted octanol–water partition coefficient (Wildman–Crippen LogP) is 4.12. The Kier molecular flexibility index (Phi) is 12.0. The highest BCUT2D eigenvalue weighted by atomic mass is 16.5. The molecule has 2 atom stereocenters. The fraction of sp³-hybridized carbons (Fsp3) is 0.882. The Morgan fingerprint density at radius 3 is 1.52 bits per heavy atom. The molecule has 0 fully saturated rings. The molecule has 124 valence electrons. The van der Waals surface area contributed by atoms with Crippen molar-refractivity contribution in [3.05, 3.63) is 0 Å². The third-order valence-corrected chi connectivity index (χ3v) is 3.38. The van der Waals surface area contributed by atoms with Gasteiger partial charge in [0.05, 0.1) is 13.2 Å². The Morgan fingerprint density at radius 1 is 0.810 bits per heavy atom. The van der Waals surface area contributed by atoms with E-state index in [0.717, 1.165) is 25.7 Å². The van der Waals surface area contributed by atoms with Crippen LogP contribution in [0, 0.1) is 11.8 Å². The highest BCUT2D eigenvalue weighted by Crippen LogP contribution is 2.08. The van der Waals surface area contributed by atoms with Gasteiger partial charge < -0.3 is 9.47 Å². The van der Waals surface area contributed by atoms with Gasteiger partial charge in [0.1, 0.15) is 0 Å². The van der Waals surface area contributed by atoms with Crippen molar-refractivity contribution in [2.45, 2.75) is 72.6 Å². The maximum absolute atomic E-state index is 11.5. The van der Waals surface area contributed by atoms with Gasteiger partial charge in [-0.1, -0.05) is 40.5 Å². The SMILES string of the molecule is CCCC(C)COC(=O)CCCC(=O)OCC(C)CCC. The minimum atomic E-state index is -0.217. The summed E-state index contributed by atoms with van der Waals surface area (Å²) in [5.74, 6) is 0.378. The average Bonchev–Trinajstić information content (AvgIpc) is 2.43. The van der Waals surface area contributed by atoms with Gasteiger partial charge in [-0.3, -0.25) is 9.59 Å². The van der Waals surface area contributed by atoms with Gasteiger partial charge in [-0.15, -0.1) is 0 Å². The molecule has 0 aliphatic heterocycles. The smallest absolute Gasteiger partial charge is 0.305 e. The lowest BCUT2D eigenvalue weighted by molar-refractivity contribution is -0.146. The number of esters is 2. The first-order chi connectivity index (χ1) is 9.99. The molecule has 0 aliphatic rings. The molecule has 4 heteroatoms. The molecule has 0 aromatic carbocycles. The van der Waals surface area contributed by atoms with E-state index in [9.17, 15) is 9.59 Å². The summed E-state index contributed by atoms with van der Waals surface area (Å²) in [5, 5.41) is 0. The number of carbonyl (C=O) groups excluding carboxylic acids is 2. The Hall–Kier alpha value is -1.06. The van der Waals surface area contributed by atoms with Gasteiger partial charge in [-0.25, -0.2) is 0 Å². The van der Waals surface area contributed by atoms with Gasteiger partial charge in [0.25, 0.3) is 0 Å². The fourth-order valence-electron chi connectivity index (χ4n) is 2.14. The molecular weight excluding hydrogens is 268 g/mol. The zero-order valence-electron chi connectivity index (χ0n) is 14.2. The van der Waals surface area contributed by atoms with Crippen molar-refractivity contribution in [1.82, 2.24) is 0 Å². The Bertz CT molecular complexity index is 261. The first-order valence-electron chi connectivity index (χ1n) is 8.30. The minimum Gasteiger partial charge on any atom is -0.465 e. The number of ether oxygens (including phenoxy) is 2. The topological polar surface area (TPSA) is 52.6 Å². The van der Waals surface area contributed by atoms with Crippen LogP contribution in [0.2, 0.25) is 0 Å². The number of hydrogen-bond acceptors (Lipinski definition) is 4. The van der Waals surface area contributed by atoms with Crippen LogP contribution in [-0.4, -0.2) is 25.2 Å². The van der Waals surface area contributed by atoms with E-state index in [1.54, 1.807) is 0 Å². The first-order valence-corrected chi connectivity index (χ1v) is 8.30. The minimum absolute atomic E-state index is 0.217. The van der Waals surface area contributed by atoms with E-state index in [-0.39, 0.29) is 11.9 Å². The summed E-state index contributed by atoms with van der Waals surface area (Å²) < 4.78 is 10.4. The van der Waals surface area contributed by atoms with Crippen molar-refractivity contribution >= 4 is 11.9 Å². The van der Waals surface area contributed by atoms with Crippen LogP contribution in [-0.2, 0) is 19.1 Å². The maximum Gasteiger partial charge on any atom is 0.305 e. The lowest BCUT2D eigenvalue weighted by Crippen LogP contribution is -2.14. The molecule has 2 unspecified atom stereocenters. The number of hydrogen-bond donors (Lipinski definition) is 0. The van der Waals surface area contributed by atoms with Crippen molar-refractivity contribution in [3.8, 4) is 0 Å². The highest BCUT2D eigenvalue weighted by Gasteiger charge is 2.10. The normalized spacial score (nSPS) is 13.5. The fourth-order valence-corrected chi connectivity index (χ4v) is 2.14. The summed E-state index contributed by atoms with van der Waals surface area (Å²) in [6, 6.07) is 0. The van der Waals surface area contributed by atoms with E-state index < -0.39 is 0 Å². The van der Waals surface area contributed by atoms with Crippen LogP contribution in [0.1, 0.15) is 72.6 Å². The molecule has 21 heavy (non-hydrogen) atoms. The lowest BCUT2D eigenvalue weighted by Gasteiger charge is -2.11. The molecule has 0 saturated carbocycles. The van der Waals surface area contributed by atoms with E-state index in [1.165, 1.54) is 0 Å². The standard InChI is InChI=1S/C17H32O4/c1-5-8-14(3)12-20-16(18)10-7-11-17(19)21-13-15(4)9-6-2/h14-15H,5-13H2,1-4H3. The monoisotopic (exact) mass is 300 g/mol. The van der Waals surface area contributed by atoms with Crippen molar-refractivity contribution < 1.29 is 19.1 Å². The van der Waals surface area contributed by atoms with E-state index in [0.29, 0.717) is 44.3 Å². The third-order valence-electron chi connectivity index (χ3n) is 3.38. The zero-order chi connectivity index (χ0) is 16.1. The molecular formula is C17H32O4. The maximum atomic E-state index is 11.5. The van der Waals surface area contributed by atoms with Gasteiger partial charge in [0.2, 0.25) is 0 Å². The second-order valence-electron chi connectivity index (χ2n) is 6.01. The average molecular weight is 300 g/mol. The van der Waals surface area contributed by atoms with Crippen molar-refractivity contribution in [3.63, 3.8) is 0 Å². The van der Waals surface area contributed by atoms with Crippen LogP contribution in [0.3, 0.4) is 0 Å². The largest absolute Gasteiger partial charge is 0.465 e. The van der Waals surface area contributed by atoms with E-state index in [2.05, 4.69) is 27.7 Å². The quantitative estimate of drug-likeness (QED) is 0.509. The Balaban J connectivity index is 3.59. The summed E-state index contributed by atoms with van der Waals surface area (Å²) in [7, 11) is 0. The van der Waals surface area contributed by atoms with Crippen molar-refractivity contribution in [2.75, 3.05) is 13.2 Å². The molecule has 0 aromatic rings. The second-order valence-corrected chi connectivity index (χ2v) is 6.01. The molecule has 0 aliphatic carbocycles. The summed E-state index contributed by atoms with van der Waals surface area (Å²) in [5.41, 5.74) is 0. The summed E-state index contributed by atoms with van der Waals surface area (Å²) in [6.07, 6.45) is 5.41. The Morgan fingerprint density at radius 2 is 1.19 bits per heavy atom. The van der Waals surface area contributed by atoms with Crippen molar-refractivity contribution in [1.29, 1.82) is 0 Å². The van der Waals surface area contributed by atoms with Gasteiger partial charge in [0, 0.05) is 12.8 Å². The summed E-state index contributed by atoms with van der Waals surface area (Å²) >= 11 is 0. The molecule has 4 nitrogen and oxygen atoms in total. The third kappa shape index (κ3) is 12.4. The second kappa shape index (κ2) is 12.7. The number of rotatable bonds is 12. The highest BCUT2D eigenvalue weighted by molar-refractivity contribution is 5.72. The molecule has 0 amide bonds. The Labute approximate surface area is 129 Å². The molecule has 0 radical (unpaired) electrons. The number of carbonyl (C=O) groups is 2. The molecule has 0 rings (SSSR count). The molecule has 0 saturated heterocycles. The predicted molar refractivity (Wildman–Crippen MR) is 83.9 cm³/mol. The van der Waals surface area contributed by atoms with Crippen LogP contribution in [0.5, 0.6) is 0 Å². The van der Waals surface area contributed by atoms with Crippen LogP contribution in [0.4, 0.5) is 0 Å². The van der Waals surface area contributed by atoms with Gasteiger partial charge in [-0.05, 0) is 31.1 Å².